The summed E-state index contributed by atoms with van der Waals surface area (Å²) in [6.45, 7) is 7.99. The van der Waals surface area contributed by atoms with E-state index in [2.05, 4.69) is 24.1 Å². The molecule has 0 aromatic rings. The molecule has 0 rings (SSSR count). The number of nitrogens with one attached hydrogen (secondary N) is 1. The first kappa shape index (κ1) is 25.8. The van der Waals surface area contributed by atoms with Gasteiger partial charge in [-0.05, 0) is 26.3 Å². The van der Waals surface area contributed by atoms with Crippen molar-refractivity contribution in [3.05, 3.63) is 0 Å². The van der Waals surface area contributed by atoms with Gasteiger partial charge >= 0.3 is 0 Å². The van der Waals surface area contributed by atoms with E-state index in [-0.39, 0.29) is 18.9 Å². The standard InChI is InChI=1S/C21H46N2O3/c1-4-6-8-9-10-11-13-15-23(17-20(26)18-24)21(14-12-7-5-2)22-16-19(3)25/h19-22,24-26H,4-18H2,1-3H3. The number of nitrogens with zero attached hydrogens (tertiary/aromatic N) is 1. The molecule has 0 heterocycles. The molecular formula is C21H46N2O3. The molecule has 0 aliphatic rings. The highest BCUT2D eigenvalue weighted by Crippen LogP contribution is 2.13. The third-order valence-electron chi connectivity index (χ3n) is 4.88. The van der Waals surface area contributed by atoms with E-state index in [4.69, 9.17) is 0 Å². The molecule has 0 aromatic carbocycles. The lowest BCUT2D eigenvalue weighted by molar-refractivity contribution is 0.0313. The molecule has 5 nitrogen and oxygen atoms in total. The molecule has 0 aliphatic heterocycles. The van der Waals surface area contributed by atoms with Crippen LogP contribution < -0.4 is 5.32 Å². The maximum absolute atomic E-state index is 9.96. The van der Waals surface area contributed by atoms with Gasteiger partial charge in [0.15, 0.2) is 0 Å². The monoisotopic (exact) mass is 374 g/mol. The molecule has 0 amide bonds. The summed E-state index contributed by atoms with van der Waals surface area (Å²) in [6, 6.07) is 0. The van der Waals surface area contributed by atoms with Gasteiger partial charge in [-0.15, -0.1) is 0 Å². The van der Waals surface area contributed by atoms with Gasteiger partial charge in [0.25, 0.3) is 0 Å². The minimum atomic E-state index is -0.707. The van der Waals surface area contributed by atoms with Crippen molar-refractivity contribution in [2.24, 2.45) is 0 Å². The van der Waals surface area contributed by atoms with Crippen LogP contribution in [0.15, 0.2) is 0 Å². The van der Waals surface area contributed by atoms with Gasteiger partial charge in [-0.25, -0.2) is 0 Å². The Kier molecular flexibility index (Phi) is 18.0. The average molecular weight is 375 g/mol. The van der Waals surface area contributed by atoms with Crippen molar-refractivity contribution >= 4 is 0 Å². The molecule has 0 bridgehead atoms. The minimum absolute atomic E-state index is 0.150. The van der Waals surface area contributed by atoms with E-state index in [1.807, 2.05) is 0 Å². The summed E-state index contributed by atoms with van der Waals surface area (Å²) in [6.07, 6.45) is 12.4. The van der Waals surface area contributed by atoms with Crippen LogP contribution in [-0.4, -0.2) is 64.8 Å². The van der Waals surface area contributed by atoms with E-state index < -0.39 is 6.10 Å². The Morgan fingerprint density at radius 3 is 2.00 bits per heavy atom. The number of unbranched alkanes of at least 4 members (excludes halogenated alkanes) is 8. The Bertz CT molecular complexity index is 290. The summed E-state index contributed by atoms with van der Waals surface area (Å²) < 4.78 is 0. The van der Waals surface area contributed by atoms with Crippen LogP contribution in [0.3, 0.4) is 0 Å². The smallest absolute Gasteiger partial charge is 0.0898 e. The lowest BCUT2D eigenvalue weighted by Gasteiger charge is -2.34. The zero-order valence-corrected chi connectivity index (χ0v) is 17.6. The number of aliphatic hydroxyl groups excluding tert-OH is 3. The largest absolute Gasteiger partial charge is 0.394 e. The third-order valence-corrected chi connectivity index (χ3v) is 4.88. The van der Waals surface area contributed by atoms with Gasteiger partial charge in [0, 0.05) is 13.1 Å². The number of hydrogen-bond acceptors (Lipinski definition) is 5. The first-order valence-corrected chi connectivity index (χ1v) is 11.0. The number of rotatable bonds is 19. The fourth-order valence-electron chi connectivity index (χ4n) is 3.28. The van der Waals surface area contributed by atoms with Crippen molar-refractivity contribution in [3.63, 3.8) is 0 Å². The zero-order valence-electron chi connectivity index (χ0n) is 17.6. The molecule has 3 atom stereocenters. The number of aliphatic hydroxyl groups is 3. The van der Waals surface area contributed by atoms with Crippen molar-refractivity contribution in [1.29, 1.82) is 0 Å². The van der Waals surface area contributed by atoms with Gasteiger partial charge in [0.2, 0.25) is 0 Å². The molecule has 0 aromatic heterocycles. The average Bonchev–Trinajstić information content (AvgIpc) is 2.62. The maximum atomic E-state index is 9.96. The van der Waals surface area contributed by atoms with Gasteiger partial charge in [-0.1, -0.05) is 71.6 Å². The van der Waals surface area contributed by atoms with Gasteiger partial charge in [-0.3, -0.25) is 10.2 Å². The quantitative estimate of drug-likeness (QED) is 0.206. The molecule has 0 aliphatic carbocycles. The Hall–Kier alpha value is -0.200. The van der Waals surface area contributed by atoms with Gasteiger partial charge in [0.05, 0.1) is 25.0 Å². The Labute approximate surface area is 162 Å². The second kappa shape index (κ2) is 18.2. The van der Waals surface area contributed by atoms with Crippen LogP contribution in [0.2, 0.25) is 0 Å². The summed E-state index contributed by atoms with van der Waals surface area (Å²) >= 11 is 0. The first-order chi connectivity index (χ1) is 12.5. The highest BCUT2D eigenvalue weighted by atomic mass is 16.3. The van der Waals surface area contributed by atoms with Gasteiger partial charge in [-0.2, -0.15) is 0 Å². The molecule has 3 unspecified atom stereocenters. The molecule has 0 saturated carbocycles. The molecule has 26 heavy (non-hydrogen) atoms. The van der Waals surface area contributed by atoms with E-state index in [0.29, 0.717) is 13.1 Å². The zero-order chi connectivity index (χ0) is 19.6. The molecule has 0 spiro atoms. The summed E-state index contributed by atoms with van der Waals surface area (Å²) in [7, 11) is 0. The van der Waals surface area contributed by atoms with Crippen LogP contribution in [0.25, 0.3) is 0 Å². The van der Waals surface area contributed by atoms with Crippen LogP contribution in [-0.2, 0) is 0 Å². The molecule has 0 saturated heterocycles. The molecule has 158 valence electrons. The normalized spacial score (nSPS) is 15.3. The fraction of sp³-hybridized carbons (Fsp3) is 1.00. The molecule has 0 radical (unpaired) electrons. The Morgan fingerprint density at radius 2 is 1.42 bits per heavy atom. The summed E-state index contributed by atoms with van der Waals surface area (Å²) in [4.78, 5) is 2.27. The lowest BCUT2D eigenvalue weighted by atomic mass is 10.1. The van der Waals surface area contributed by atoms with Crippen LogP contribution in [0.1, 0.15) is 91.4 Å². The lowest BCUT2D eigenvalue weighted by Crippen LogP contribution is -2.51. The van der Waals surface area contributed by atoms with Gasteiger partial charge in [0.1, 0.15) is 0 Å². The predicted octanol–water partition coefficient (Wildman–Crippen LogP) is 3.27. The fourth-order valence-corrected chi connectivity index (χ4v) is 3.28. The molecular weight excluding hydrogens is 328 g/mol. The van der Waals surface area contributed by atoms with Crippen LogP contribution in [0, 0.1) is 0 Å². The van der Waals surface area contributed by atoms with Crippen LogP contribution in [0.5, 0.6) is 0 Å². The number of hydrogen-bond donors (Lipinski definition) is 4. The molecule has 0 fully saturated rings. The second-order valence-corrected chi connectivity index (χ2v) is 7.72. The van der Waals surface area contributed by atoms with E-state index in [0.717, 1.165) is 25.8 Å². The topological polar surface area (TPSA) is 76.0 Å². The third kappa shape index (κ3) is 14.9. The van der Waals surface area contributed by atoms with Crippen molar-refractivity contribution < 1.29 is 15.3 Å². The van der Waals surface area contributed by atoms with E-state index in [1.54, 1.807) is 6.92 Å². The minimum Gasteiger partial charge on any atom is -0.394 e. The van der Waals surface area contributed by atoms with Crippen molar-refractivity contribution in [1.82, 2.24) is 10.2 Å². The molecule has 4 N–H and O–H groups in total. The maximum Gasteiger partial charge on any atom is 0.0898 e. The van der Waals surface area contributed by atoms with E-state index >= 15 is 0 Å². The van der Waals surface area contributed by atoms with Crippen molar-refractivity contribution in [2.45, 2.75) is 110 Å². The highest BCUT2D eigenvalue weighted by molar-refractivity contribution is 4.74. The van der Waals surface area contributed by atoms with Gasteiger partial charge < -0.3 is 15.3 Å². The predicted molar refractivity (Wildman–Crippen MR) is 110 cm³/mol. The van der Waals surface area contributed by atoms with Crippen LogP contribution in [0.4, 0.5) is 0 Å². The molecule has 5 heteroatoms. The second-order valence-electron chi connectivity index (χ2n) is 7.72. The Morgan fingerprint density at radius 1 is 0.846 bits per heavy atom. The first-order valence-electron chi connectivity index (χ1n) is 11.0. The van der Waals surface area contributed by atoms with Crippen LogP contribution >= 0.6 is 0 Å². The summed E-state index contributed by atoms with van der Waals surface area (Å²) in [5.41, 5.74) is 0. The SMILES string of the molecule is CCCCCCCCCN(CC(O)CO)C(CCCCC)NCC(C)O. The Balaban J connectivity index is 4.51. The van der Waals surface area contributed by atoms with Crippen molar-refractivity contribution in [3.8, 4) is 0 Å². The van der Waals surface area contributed by atoms with E-state index in [1.165, 1.54) is 51.4 Å². The summed E-state index contributed by atoms with van der Waals surface area (Å²) in [5, 5.41) is 32.3. The highest BCUT2D eigenvalue weighted by Gasteiger charge is 2.20. The summed E-state index contributed by atoms with van der Waals surface area (Å²) in [5.74, 6) is 0. The van der Waals surface area contributed by atoms with E-state index in [9.17, 15) is 15.3 Å². The van der Waals surface area contributed by atoms with Crippen molar-refractivity contribution in [2.75, 3.05) is 26.2 Å².